The van der Waals surface area contributed by atoms with Crippen LogP contribution in [-0.4, -0.2) is 19.6 Å². The van der Waals surface area contributed by atoms with Crippen LogP contribution in [0.5, 0.6) is 5.75 Å². The second kappa shape index (κ2) is 14.5. The van der Waals surface area contributed by atoms with E-state index in [-0.39, 0.29) is 16.6 Å². The molecular weight excluding hydrogens is 747 g/mol. The predicted molar refractivity (Wildman–Crippen MR) is 252 cm³/mol. The maximum atomic E-state index is 11.9. The van der Waals surface area contributed by atoms with Crippen LogP contribution in [-0.2, 0) is 10.8 Å². The largest absolute Gasteiger partial charge is 0.507 e. The normalized spacial score (nSPS) is 12.2. The van der Waals surface area contributed by atoms with E-state index >= 15 is 0 Å². The van der Waals surface area contributed by atoms with Crippen molar-refractivity contribution in [1.82, 2.24) is 14.5 Å². The maximum Gasteiger partial charge on any atom is 0.149 e. The smallest absolute Gasteiger partial charge is 0.149 e. The van der Waals surface area contributed by atoms with Crippen LogP contribution in [0.4, 0.5) is 0 Å². The molecule has 0 unspecified atom stereocenters. The molecule has 0 saturated carbocycles. The van der Waals surface area contributed by atoms with Crippen molar-refractivity contribution in [3.8, 4) is 67.6 Å². The highest BCUT2D eigenvalue weighted by atomic mass is 16.3. The summed E-state index contributed by atoms with van der Waals surface area (Å²) in [6, 6.07) is 58.9. The summed E-state index contributed by atoms with van der Waals surface area (Å²) in [7, 11) is 0. The van der Waals surface area contributed by atoms with E-state index < -0.39 is 0 Å². The molecule has 0 radical (unpaired) electrons. The van der Waals surface area contributed by atoms with E-state index in [9.17, 15) is 5.11 Å². The van der Waals surface area contributed by atoms with Crippen molar-refractivity contribution in [3.05, 3.63) is 181 Å². The van der Waals surface area contributed by atoms with Crippen molar-refractivity contribution < 1.29 is 9.52 Å². The number of fused-ring (bicyclic) bond motifs is 4. The molecule has 10 aromatic rings. The number of phenols is 1. The quantitative estimate of drug-likeness (QED) is 0.182. The van der Waals surface area contributed by atoms with Gasteiger partial charge in [-0.1, -0.05) is 163 Å². The molecular formula is C56H47N3O2. The molecule has 298 valence electrons. The van der Waals surface area contributed by atoms with Gasteiger partial charge in [-0.2, -0.15) is 0 Å². The van der Waals surface area contributed by atoms with Crippen LogP contribution in [0, 0.1) is 0 Å². The van der Waals surface area contributed by atoms with E-state index in [1.54, 1.807) is 0 Å². The third kappa shape index (κ3) is 6.67. The van der Waals surface area contributed by atoms with Crippen LogP contribution in [0.25, 0.3) is 94.8 Å². The first-order chi connectivity index (χ1) is 29.4. The van der Waals surface area contributed by atoms with Gasteiger partial charge in [-0.3, -0.25) is 4.57 Å². The fraction of sp³-hybridized carbons (Fsp3) is 0.143. The summed E-state index contributed by atoms with van der Waals surface area (Å²) in [6.45, 7) is 13.0. The average Bonchev–Trinajstić information content (AvgIpc) is 3.85. The van der Waals surface area contributed by atoms with Gasteiger partial charge in [0.25, 0.3) is 0 Å². The van der Waals surface area contributed by atoms with Crippen LogP contribution >= 0.6 is 0 Å². The summed E-state index contributed by atoms with van der Waals surface area (Å²) in [5.41, 5.74) is 14.4. The van der Waals surface area contributed by atoms with Crippen molar-refractivity contribution in [2.75, 3.05) is 0 Å². The molecule has 0 saturated heterocycles. The number of furan rings is 1. The summed E-state index contributed by atoms with van der Waals surface area (Å²) in [5.74, 6) is 1.03. The molecule has 0 bridgehead atoms. The number of aromatic nitrogens is 3. The zero-order valence-corrected chi connectivity index (χ0v) is 35.4. The van der Waals surface area contributed by atoms with E-state index in [1.807, 2.05) is 30.3 Å². The zero-order chi connectivity index (χ0) is 42.0. The molecule has 0 amide bonds. The van der Waals surface area contributed by atoms with Gasteiger partial charge in [-0.15, -0.1) is 0 Å². The minimum Gasteiger partial charge on any atom is -0.507 e. The minimum atomic E-state index is -0.268. The lowest BCUT2D eigenvalue weighted by atomic mass is 9.78. The molecule has 1 N–H and O–H groups in total. The Kier molecular flexibility index (Phi) is 9.03. The summed E-state index contributed by atoms with van der Waals surface area (Å²) < 4.78 is 9.14. The Morgan fingerprint density at radius 1 is 0.492 bits per heavy atom. The Balaban J connectivity index is 1.22. The molecule has 10 rings (SSSR count). The number of imidazole rings is 1. The van der Waals surface area contributed by atoms with Gasteiger partial charge in [0.05, 0.1) is 33.7 Å². The maximum absolute atomic E-state index is 11.9. The monoisotopic (exact) mass is 793 g/mol. The van der Waals surface area contributed by atoms with E-state index in [1.165, 1.54) is 0 Å². The van der Waals surface area contributed by atoms with E-state index in [0.717, 1.165) is 100 Å². The number of nitrogens with zero attached hydrogens (tertiary/aromatic N) is 3. The molecule has 0 aliphatic carbocycles. The fourth-order valence-corrected chi connectivity index (χ4v) is 8.61. The first-order valence-electron chi connectivity index (χ1n) is 21.0. The number of phenolic OH excluding ortho intramolecular Hbond substituents is 1. The highest BCUT2D eigenvalue weighted by Gasteiger charge is 2.27. The Labute approximate surface area is 356 Å². The Morgan fingerprint density at radius 2 is 1.13 bits per heavy atom. The molecule has 0 aliphatic heterocycles. The van der Waals surface area contributed by atoms with Gasteiger partial charge in [-0.05, 0) is 81.6 Å². The van der Waals surface area contributed by atoms with Gasteiger partial charge in [0.1, 0.15) is 22.7 Å². The number of rotatable bonds is 6. The lowest BCUT2D eigenvalue weighted by molar-refractivity contribution is 0.446. The average molecular weight is 794 g/mol. The summed E-state index contributed by atoms with van der Waals surface area (Å²) in [4.78, 5) is 10.9. The molecule has 3 heterocycles. The second-order valence-electron chi connectivity index (χ2n) is 18.0. The minimum absolute atomic E-state index is 0.127. The van der Waals surface area contributed by atoms with Gasteiger partial charge in [0.2, 0.25) is 0 Å². The van der Waals surface area contributed by atoms with Crippen LogP contribution in [0.15, 0.2) is 174 Å². The Hall–Kier alpha value is -7.24. The van der Waals surface area contributed by atoms with E-state index in [2.05, 4.69) is 186 Å². The van der Waals surface area contributed by atoms with Crippen molar-refractivity contribution in [2.45, 2.75) is 52.4 Å². The highest BCUT2D eigenvalue weighted by molar-refractivity contribution is 6.10. The van der Waals surface area contributed by atoms with Gasteiger partial charge in [0.15, 0.2) is 0 Å². The topological polar surface area (TPSA) is 64.1 Å². The summed E-state index contributed by atoms with van der Waals surface area (Å²) in [5, 5.41) is 13.9. The van der Waals surface area contributed by atoms with Crippen molar-refractivity contribution in [2.24, 2.45) is 0 Å². The van der Waals surface area contributed by atoms with Gasteiger partial charge in [-0.25, -0.2) is 9.97 Å². The Bertz CT molecular complexity index is 3270. The number of hydrogen-bond donors (Lipinski definition) is 1. The lowest BCUT2D eigenvalue weighted by Gasteiger charge is -2.27. The lowest BCUT2D eigenvalue weighted by Crippen LogP contribution is -2.17. The fourth-order valence-electron chi connectivity index (χ4n) is 8.61. The summed E-state index contributed by atoms with van der Waals surface area (Å²) in [6.07, 6.45) is 0. The van der Waals surface area contributed by atoms with Crippen molar-refractivity contribution in [3.63, 3.8) is 0 Å². The molecule has 3 aromatic heterocycles. The molecule has 61 heavy (non-hydrogen) atoms. The molecule has 0 atom stereocenters. The number of pyridine rings is 1. The first kappa shape index (κ1) is 38.0. The second-order valence-corrected chi connectivity index (χ2v) is 18.0. The molecule has 5 heteroatoms. The van der Waals surface area contributed by atoms with E-state index in [0.29, 0.717) is 5.69 Å². The molecule has 7 aromatic carbocycles. The number of aromatic hydroxyl groups is 1. The van der Waals surface area contributed by atoms with Gasteiger partial charge < -0.3 is 9.52 Å². The van der Waals surface area contributed by atoms with Crippen LogP contribution < -0.4 is 0 Å². The molecule has 5 nitrogen and oxygen atoms in total. The molecule has 0 aliphatic rings. The number of para-hydroxylation sites is 3. The van der Waals surface area contributed by atoms with Crippen molar-refractivity contribution in [1.29, 1.82) is 0 Å². The standard InChI is InChI=1S/C56H47N3O2/c1-55(2,3)38-33-44(52(60)45(34-38)56(4,5)6)47-27-17-26-46(57-47)42-24-16-29-49-51(42)58-54(59(49)48-28-14-13-22-39(48)36-20-11-8-12-21-36)43-25-15-23-41-40-31-30-37(32-50(40)61-53(41)43)35-18-9-7-10-19-35/h7-34,60H,1-6H3. The SMILES string of the molecule is CC(C)(C)c1cc(-c2cccc(-c3cccc4c3nc(-c3cccc5c3oc3cc(-c6ccccc6)ccc35)n4-c3ccccc3-c3ccccc3)n2)c(O)c(C(C)(C)C)c1. The third-order valence-corrected chi connectivity index (χ3v) is 11.8. The molecule has 0 fully saturated rings. The first-order valence-corrected chi connectivity index (χ1v) is 21.0. The zero-order valence-electron chi connectivity index (χ0n) is 35.4. The van der Waals surface area contributed by atoms with Crippen LogP contribution in [0.1, 0.15) is 52.7 Å². The van der Waals surface area contributed by atoms with Crippen molar-refractivity contribution >= 4 is 33.0 Å². The predicted octanol–water partition coefficient (Wildman–Crippen LogP) is 15.0. The van der Waals surface area contributed by atoms with E-state index in [4.69, 9.17) is 14.4 Å². The van der Waals surface area contributed by atoms with Gasteiger partial charge in [0, 0.05) is 33.0 Å². The van der Waals surface area contributed by atoms with Crippen LogP contribution in [0.2, 0.25) is 0 Å². The highest BCUT2D eigenvalue weighted by Crippen LogP contribution is 2.44. The van der Waals surface area contributed by atoms with Gasteiger partial charge >= 0.3 is 0 Å². The summed E-state index contributed by atoms with van der Waals surface area (Å²) >= 11 is 0. The molecule has 0 spiro atoms. The third-order valence-electron chi connectivity index (χ3n) is 11.8. The van der Waals surface area contributed by atoms with Crippen LogP contribution in [0.3, 0.4) is 0 Å². The number of hydrogen-bond acceptors (Lipinski definition) is 4. The Morgan fingerprint density at radius 3 is 1.87 bits per heavy atom. The number of benzene rings is 7.